The second kappa shape index (κ2) is 11.5. The van der Waals surface area contributed by atoms with Gasteiger partial charge in [0.2, 0.25) is 5.95 Å². The second-order valence-corrected chi connectivity index (χ2v) is 9.37. The Labute approximate surface area is 210 Å². The van der Waals surface area contributed by atoms with Crippen molar-refractivity contribution in [3.8, 4) is 0 Å². The summed E-state index contributed by atoms with van der Waals surface area (Å²) in [6.45, 7) is 5.65. The number of piperazine rings is 1. The maximum Gasteiger partial charge on any atom is 0.264 e. The summed E-state index contributed by atoms with van der Waals surface area (Å²) in [5, 5.41) is 13.1. The number of amides is 1. The Hall–Kier alpha value is -3.50. The molecular weight excluding hydrogens is 458 g/mol. The zero-order valence-corrected chi connectivity index (χ0v) is 21.0. The van der Waals surface area contributed by atoms with Gasteiger partial charge in [0.1, 0.15) is 11.2 Å². The van der Waals surface area contributed by atoms with E-state index in [2.05, 4.69) is 34.2 Å². The quantitative estimate of drug-likeness (QED) is 0.411. The van der Waals surface area contributed by atoms with Crippen LogP contribution in [0.2, 0.25) is 0 Å². The first-order chi connectivity index (χ1) is 17.4. The first kappa shape index (κ1) is 25.6. The number of aromatic nitrogens is 3. The Bertz CT molecular complexity index is 1240. The molecule has 2 aromatic heterocycles. The number of nitrogen functional groups attached to an aromatic ring is 1. The van der Waals surface area contributed by atoms with Crippen molar-refractivity contribution >= 4 is 28.6 Å². The molecule has 10 heteroatoms. The molecule has 0 aliphatic carbocycles. The molecular formula is C26H35N7O3. The van der Waals surface area contributed by atoms with Gasteiger partial charge in [-0.05, 0) is 43.7 Å². The van der Waals surface area contributed by atoms with Crippen LogP contribution in [0.25, 0.3) is 10.9 Å². The van der Waals surface area contributed by atoms with Crippen molar-refractivity contribution in [2.45, 2.75) is 38.8 Å². The van der Waals surface area contributed by atoms with Crippen molar-refractivity contribution in [1.29, 1.82) is 0 Å². The number of aliphatic hydroxyl groups excluding tert-OH is 1. The van der Waals surface area contributed by atoms with Gasteiger partial charge in [0.05, 0.1) is 12.1 Å². The van der Waals surface area contributed by atoms with Crippen molar-refractivity contribution in [2.75, 3.05) is 50.9 Å². The molecule has 4 N–H and O–H groups in total. The normalized spacial score (nSPS) is 15.2. The fourth-order valence-corrected chi connectivity index (χ4v) is 4.56. The molecule has 3 heterocycles. The van der Waals surface area contributed by atoms with Crippen molar-refractivity contribution in [3.63, 3.8) is 0 Å². The maximum absolute atomic E-state index is 13.5. The number of pyridine rings is 1. The summed E-state index contributed by atoms with van der Waals surface area (Å²) in [5.74, 6) is 0.506. The Kier molecular flexibility index (Phi) is 8.17. The smallest absolute Gasteiger partial charge is 0.264 e. The molecule has 1 atom stereocenters. The van der Waals surface area contributed by atoms with Crippen LogP contribution in [0, 0.1) is 0 Å². The molecule has 192 valence electrons. The van der Waals surface area contributed by atoms with Gasteiger partial charge >= 0.3 is 0 Å². The highest BCUT2D eigenvalue weighted by Gasteiger charge is 2.20. The highest BCUT2D eigenvalue weighted by molar-refractivity contribution is 5.94. The fraction of sp³-hybridized carbons (Fsp3) is 0.462. The number of fused-ring (bicyclic) bond motifs is 1. The van der Waals surface area contributed by atoms with Gasteiger partial charge in [-0.15, -0.1) is 0 Å². The number of carbonyl (C=O) groups excluding carboxylic acids is 1. The number of likely N-dealkylation sites (N-methyl/N-ethyl adjacent to an activating group) is 1. The molecule has 36 heavy (non-hydrogen) atoms. The van der Waals surface area contributed by atoms with Crippen LogP contribution in [0.5, 0.6) is 0 Å². The van der Waals surface area contributed by atoms with Crippen LogP contribution in [0.3, 0.4) is 0 Å². The fourth-order valence-electron chi connectivity index (χ4n) is 4.56. The summed E-state index contributed by atoms with van der Waals surface area (Å²) in [6, 6.07) is 9.14. The van der Waals surface area contributed by atoms with Crippen molar-refractivity contribution in [1.82, 2.24) is 24.3 Å². The van der Waals surface area contributed by atoms with Gasteiger partial charge in [-0.1, -0.05) is 25.5 Å². The molecule has 1 aliphatic rings. The van der Waals surface area contributed by atoms with E-state index in [-0.39, 0.29) is 30.1 Å². The van der Waals surface area contributed by atoms with Gasteiger partial charge in [-0.3, -0.25) is 9.59 Å². The third-order valence-corrected chi connectivity index (χ3v) is 6.64. The molecule has 1 aromatic carbocycles. The number of anilines is 2. The molecule has 1 amide bonds. The van der Waals surface area contributed by atoms with E-state index in [1.165, 1.54) is 0 Å². The Morgan fingerprint density at radius 2 is 1.83 bits per heavy atom. The standard InChI is InChI=1S/C26H35N7O3/c1-3-4-20(10-16-34)28-23-22-21(29-26(27)30-23)9-11-33(25(22)36)17-18-5-7-19(8-6-18)24(35)32-14-12-31(2)13-15-32/h5-9,11,20,34H,3-4,10,12-17H2,1-2H3,(H3,27,28,29,30). The van der Waals surface area contributed by atoms with Crippen molar-refractivity contribution in [2.24, 2.45) is 0 Å². The van der Waals surface area contributed by atoms with Gasteiger partial charge in [0.15, 0.2) is 0 Å². The summed E-state index contributed by atoms with van der Waals surface area (Å²) >= 11 is 0. The lowest BCUT2D eigenvalue weighted by molar-refractivity contribution is 0.0664. The molecule has 10 nitrogen and oxygen atoms in total. The SMILES string of the molecule is CCCC(CCO)Nc1nc(N)nc2ccn(Cc3ccc(C(=O)N4CCN(C)CC4)cc3)c(=O)c12. The summed E-state index contributed by atoms with van der Waals surface area (Å²) in [4.78, 5) is 38.9. The van der Waals surface area contributed by atoms with Gasteiger partial charge in [-0.25, -0.2) is 4.98 Å². The number of nitrogens with two attached hydrogens (primary N) is 1. The van der Waals surface area contributed by atoms with E-state index in [1.54, 1.807) is 16.8 Å². The van der Waals surface area contributed by atoms with Crippen LogP contribution in [-0.4, -0.2) is 81.2 Å². The Morgan fingerprint density at radius 1 is 1.11 bits per heavy atom. The van der Waals surface area contributed by atoms with Crippen LogP contribution < -0.4 is 16.6 Å². The third kappa shape index (κ3) is 5.83. The number of nitrogens with one attached hydrogen (secondary N) is 1. The number of hydrogen-bond acceptors (Lipinski definition) is 8. The molecule has 1 saturated heterocycles. The molecule has 0 radical (unpaired) electrons. The zero-order chi connectivity index (χ0) is 25.7. The average molecular weight is 494 g/mol. The first-order valence-electron chi connectivity index (χ1n) is 12.5. The molecule has 4 rings (SSSR count). The monoisotopic (exact) mass is 493 g/mol. The topological polar surface area (TPSA) is 130 Å². The van der Waals surface area contributed by atoms with E-state index < -0.39 is 0 Å². The summed E-state index contributed by atoms with van der Waals surface area (Å²) < 4.78 is 1.60. The van der Waals surface area contributed by atoms with Gasteiger partial charge in [-0.2, -0.15) is 4.98 Å². The highest BCUT2D eigenvalue weighted by Crippen LogP contribution is 2.21. The van der Waals surface area contributed by atoms with Crippen molar-refractivity contribution < 1.29 is 9.90 Å². The average Bonchev–Trinajstić information content (AvgIpc) is 2.86. The number of benzene rings is 1. The van der Waals surface area contributed by atoms with Crippen LogP contribution in [0.1, 0.15) is 42.1 Å². The lowest BCUT2D eigenvalue weighted by Crippen LogP contribution is -2.47. The molecule has 0 spiro atoms. The van der Waals surface area contributed by atoms with E-state index in [9.17, 15) is 14.7 Å². The van der Waals surface area contributed by atoms with E-state index in [1.807, 2.05) is 29.2 Å². The minimum Gasteiger partial charge on any atom is -0.396 e. The number of rotatable bonds is 9. The van der Waals surface area contributed by atoms with E-state index >= 15 is 0 Å². The first-order valence-corrected chi connectivity index (χ1v) is 12.5. The van der Waals surface area contributed by atoms with Gasteiger partial charge < -0.3 is 30.5 Å². The highest BCUT2D eigenvalue weighted by atomic mass is 16.3. The summed E-state index contributed by atoms with van der Waals surface area (Å²) in [7, 11) is 2.06. The minimum atomic E-state index is -0.230. The second-order valence-electron chi connectivity index (χ2n) is 9.37. The predicted octanol–water partition coefficient (Wildman–Crippen LogP) is 1.77. The van der Waals surface area contributed by atoms with Crippen LogP contribution >= 0.6 is 0 Å². The van der Waals surface area contributed by atoms with Gasteiger partial charge in [0, 0.05) is 50.6 Å². The largest absolute Gasteiger partial charge is 0.396 e. The maximum atomic E-state index is 13.5. The summed E-state index contributed by atoms with van der Waals surface area (Å²) in [5.41, 5.74) is 7.70. The number of aliphatic hydroxyl groups is 1. The molecule has 3 aromatic rings. The molecule has 0 saturated carbocycles. The van der Waals surface area contributed by atoms with E-state index in [4.69, 9.17) is 5.73 Å². The molecule has 0 bridgehead atoms. The lowest BCUT2D eigenvalue weighted by Gasteiger charge is -2.32. The minimum absolute atomic E-state index is 0.0315. The zero-order valence-electron chi connectivity index (χ0n) is 21.0. The third-order valence-electron chi connectivity index (χ3n) is 6.64. The predicted molar refractivity (Wildman–Crippen MR) is 141 cm³/mol. The molecule has 1 fully saturated rings. The van der Waals surface area contributed by atoms with Crippen molar-refractivity contribution in [3.05, 3.63) is 58.0 Å². The van der Waals surface area contributed by atoms with Gasteiger partial charge in [0.25, 0.3) is 11.5 Å². The Morgan fingerprint density at radius 3 is 2.50 bits per heavy atom. The van der Waals surface area contributed by atoms with Crippen LogP contribution in [0.15, 0.2) is 41.3 Å². The number of carbonyl (C=O) groups is 1. The van der Waals surface area contributed by atoms with E-state index in [0.717, 1.165) is 44.6 Å². The van der Waals surface area contributed by atoms with Crippen LogP contribution in [-0.2, 0) is 6.54 Å². The summed E-state index contributed by atoms with van der Waals surface area (Å²) in [6.07, 6.45) is 3.99. The lowest BCUT2D eigenvalue weighted by atomic mass is 10.1. The Balaban J connectivity index is 1.57. The molecule has 1 unspecified atom stereocenters. The molecule has 1 aliphatic heterocycles. The number of nitrogens with zero attached hydrogens (tertiary/aromatic N) is 5. The van der Waals surface area contributed by atoms with Crippen LogP contribution in [0.4, 0.5) is 11.8 Å². The number of hydrogen-bond donors (Lipinski definition) is 3. The van der Waals surface area contributed by atoms with E-state index in [0.29, 0.717) is 35.2 Å².